The fraction of sp³-hybridized carbons (Fsp3) is 0.476. The first kappa shape index (κ1) is 37.9. The smallest absolute Gasteiger partial charge is 0.150 e. The zero-order valence-electron chi connectivity index (χ0n) is 31.3. The van der Waals surface area contributed by atoms with E-state index in [-0.39, 0.29) is 12.3 Å². The zero-order chi connectivity index (χ0) is 36.0. The summed E-state index contributed by atoms with van der Waals surface area (Å²) in [6, 6.07) is 29.7. The minimum atomic E-state index is -1.36. The minimum Gasteiger partial charge on any atom is -0.491 e. The van der Waals surface area contributed by atoms with E-state index in [4.69, 9.17) is 28.8 Å². The van der Waals surface area contributed by atoms with E-state index in [1.54, 1.807) is 0 Å². The van der Waals surface area contributed by atoms with Crippen LogP contribution in [0.5, 0.6) is 5.75 Å². The van der Waals surface area contributed by atoms with Gasteiger partial charge in [-0.15, -0.1) is 0 Å². The van der Waals surface area contributed by atoms with Crippen LogP contribution in [0.15, 0.2) is 91.3 Å². The van der Waals surface area contributed by atoms with Crippen molar-refractivity contribution in [3.05, 3.63) is 102 Å². The van der Waals surface area contributed by atoms with Crippen LogP contribution < -0.4 is 4.74 Å². The van der Waals surface area contributed by atoms with Crippen LogP contribution in [0.1, 0.15) is 56.4 Å². The van der Waals surface area contributed by atoms with Gasteiger partial charge in [-0.3, -0.25) is 0 Å². The Hall–Kier alpha value is -3.80. The Balaban J connectivity index is 1.01. The third-order valence-corrected chi connectivity index (χ3v) is 12.9. The summed E-state index contributed by atoms with van der Waals surface area (Å²) in [6.07, 6.45) is 9.81. The number of aromatic nitrogens is 4. The molecule has 3 aromatic carbocycles. The maximum Gasteiger partial charge on any atom is 0.150 e. The van der Waals surface area contributed by atoms with Gasteiger partial charge in [-0.1, -0.05) is 79.8 Å². The molecule has 3 heterocycles. The van der Waals surface area contributed by atoms with Gasteiger partial charge in [0.2, 0.25) is 0 Å². The Labute approximate surface area is 310 Å². The van der Waals surface area contributed by atoms with E-state index < -0.39 is 8.07 Å². The SMILES string of the molecule is CC(CCOCCCOCc1ccccc1)Oc1ccc2c(c1)c(-c1cnn(COCC[Si](C)(C)CCc3ccccc3)c1)nn2C1CCCCO1. The summed E-state index contributed by atoms with van der Waals surface area (Å²) in [6.45, 7) is 11.6. The van der Waals surface area contributed by atoms with Gasteiger partial charge < -0.3 is 23.7 Å². The fourth-order valence-corrected chi connectivity index (χ4v) is 8.44. The second-order valence-electron chi connectivity index (χ2n) is 14.7. The van der Waals surface area contributed by atoms with Crippen LogP contribution >= 0.6 is 0 Å². The molecule has 1 aliphatic rings. The highest BCUT2D eigenvalue weighted by Crippen LogP contribution is 2.35. The lowest BCUT2D eigenvalue weighted by Crippen LogP contribution is -2.27. The van der Waals surface area contributed by atoms with Crippen molar-refractivity contribution in [1.82, 2.24) is 19.6 Å². The summed E-state index contributed by atoms with van der Waals surface area (Å²) >= 11 is 0. The molecule has 2 aromatic heterocycles. The Kier molecular flexibility index (Phi) is 14.1. The summed E-state index contributed by atoms with van der Waals surface area (Å²) in [7, 11) is -1.36. The largest absolute Gasteiger partial charge is 0.491 e. The molecule has 278 valence electrons. The Bertz CT molecular complexity index is 1770. The molecule has 0 amide bonds. The third-order valence-electron chi connectivity index (χ3n) is 9.79. The van der Waals surface area contributed by atoms with Gasteiger partial charge in [0.05, 0.1) is 31.0 Å². The number of rotatable bonds is 21. The van der Waals surface area contributed by atoms with Crippen molar-refractivity contribution in [3.63, 3.8) is 0 Å². The lowest BCUT2D eigenvalue weighted by molar-refractivity contribution is -0.0365. The van der Waals surface area contributed by atoms with Crippen molar-refractivity contribution in [2.45, 2.75) is 96.3 Å². The third kappa shape index (κ3) is 11.3. The van der Waals surface area contributed by atoms with Crippen molar-refractivity contribution in [2.75, 3.05) is 33.0 Å². The summed E-state index contributed by atoms with van der Waals surface area (Å²) < 4.78 is 34.3. The number of hydrogen-bond acceptors (Lipinski definition) is 7. The van der Waals surface area contributed by atoms with Crippen LogP contribution in [-0.2, 0) is 38.7 Å². The summed E-state index contributed by atoms with van der Waals surface area (Å²) in [5.41, 5.74) is 5.47. The first-order valence-electron chi connectivity index (χ1n) is 19.1. The first-order chi connectivity index (χ1) is 25.4. The fourth-order valence-electron chi connectivity index (χ4n) is 6.53. The van der Waals surface area contributed by atoms with Crippen LogP contribution in [0.2, 0.25) is 25.2 Å². The van der Waals surface area contributed by atoms with Gasteiger partial charge in [-0.2, -0.15) is 10.2 Å². The molecule has 52 heavy (non-hydrogen) atoms. The average Bonchev–Trinajstić information content (AvgIpc) is 3.79. The van der Waals surface area contributed by atoms with Crippen molar-refractivity contribution >= 4 is 19.0 Å². The quantitative estimate of drug-likeness (QED) is 0.0551. The van der Waals surface area contributed by atoms with E-state index in [0.717, 1.165) is 85.7 Å². The van der Waals surface area contributed by atoms with Gasteiger partial charge in [-0.05, 0) is 74.4 Å². The van der Waals surface area contributed by atoms with Crippen molar-refractivity contribution in [2.24, 2.45) is 0 Å². The number of ether oxygens (including phenoxy) is 5. The minimum absolute atomic E-state index is 0.00164. The molecular weight excluding hydrogens is 669 g/mol. The van der Waals surface area contributed by atoms with Crippen LogP contribution in [0.25, 0.3) is 22.2 Å². The van der Waals surface area contributed by atoms with E-state index in [9.17, 15) is 0 Å². The van der Waals surface area contributed by atoms with E-state index >= 15 is 0 Å². The predicted octanol–water partition coefficient (Wildman–Crippen LogP) is 9.31. The van der Waals surface area contributed by atoms with Gasteiger partial charge in [0.25, 0.3) is 0 Å². The molecule has 5 aromatic rings. The van der Waals surface area contributed by atoms with Gasteiger partial charge in [0, 0.05) is 58.1 Å². The number of hydrogen-bond donors (Lipinski definition) is 0. The second-order valence-corrected chi connectivity index (χ2v) is 20.0. The Morgan fingerprint density at radius 3 is 2.44 bits per heavy atom. The first-order valence-corrected chi connectivity index (χ1v) is 22.5. The number of aryl methyl sites for hydroxylation is 1. The van der Waals surface area contributed by atoms with Crippen LogP contribution in [-0.4, -0.2) is 66.8 Å². The molecule has 1 aliphatic heterocycles. The second kappa shape index (κ2) is 19.3. The summed E-state index contributed by atoms with van der Waals surface area (Å²) in [4.78, 5) is 0. The van der Waals surface area contributed by atoms with Gasteiger partial charge >= 0.3 is 0 Å². The highest BCUT2D eigenvalue weighted by Gasteiger charge is 2.23. The van der Waals surface area contributed by atoms with Crippen molar-refractivity contribution in [1.29, 1.82) is 0 Å². The molecule has 2 atom stereocenters. The molecule has 2 unspecified atom stereocenters. The summed E-state index contributed by atoms with van der Waals surface area (Å²) in [5, 5.41) is 10.8. The molecule has 9 nitrogen and oxygen atoms in total. The monoisotopic (exact) mass is 724 g/mol. The maximum atomic E-state index is 6.39. The highest BCUT2D eigenvalue weighted by atomic mass is 28.3. The molecule has 0 spiro atoms. The molecule has 10 heteroatoms. The normalized spacial score (nSPS) is 15.6. The highest BCUT2D eigenvalue weighted by molar-refractivity contribution is 6.77. The van der Waals surface area contributed by atoms with E-state index in [2.05, 4.69) is 79.7 Å². The number of fused-ring (bicyclic) bond motifs is 1. The molecule has 0 saturated carbocycles. The number of benzene rings is 3. The van der Waals surface area contributed by atoms with Crippen LogP contribution in [0, 0.1) is 0 Å². The van der Waals surface area contributed by atoms with E-state index in [0.29, 0.717) is 33.2 Å². The Morgan fingerprint density at radius 1 is 0.865 bits per heavy atom. The van der Waals surface area contributed by atoms with Gasteiger partial charge in [0.1, 0.15) is 18.2 Å². The standard InChI is InChI=1S/C42H56N4O5Si/c1-34(20-25-47-22-12-23-48-32-36-15-8-5-9-16-36)51-38-18-19-40-39(29-38)42(44-46(40)41-17-10-11-24-50-41)37-30-43-45(31-37)33-49-26-28-52(2,3)27-21-35-13-6-4-7-14-35/h4-9,13-16,18-19,29-31,34,41H,10-12,17,20-28,32-33H2,1-3H3. The van der Waals surface area contributed by atoms with E-state index in [1.807, 2.05) is 46.0 Å². The molecule has 0 bridgehead atoms. The molecule has 0 aliphatic carbocycles. The molecular formula is C42H56N4O5Si. The zero-order valence-corrected chi connectivity index (χ0v) is 32.3. The molecule has 0 radical (unpaired) electrons. The lowest BCUT2D eigenvalue weighted by Gasteiger charge is -2.23. The topological polar surface area (TPSA) is 81.8 Å². The molecule has 0 N–H and O–H groups in total. The van der Waals surface area contributed by atoms with Gasteiger partial charge in [-0.25, -0.2) is 9.36 Å². The van der Waals surface area contributed by atoms with Crippen molar-refractivity contribution < 1.29 is 23.7 Å². The number of nitrogens with zero attached hydrogens (tertiary/aromatic N) is 4. The lowest BCUT2D eigenvalue weighted by atomic mass is 10.1. The maximum absolute atomic E-state index is 6.39. The molecule has 6 rings (SSSR count). The summed E-state index contributed by atoms with van der Waals surface area (Å²) in [5.74, 6) is 0.814. The predicted molar refractivity (Wildman–Crippen MR) is 209 cm³/mol. The molecule has 1 fully saturated rings. The van der Waals surface area contributed by atoms with Crippen molar-refractivity contribution in [3.8, 4) is 17.0 Å². The Morgan fingerprint density at radius 2 is 1.65 bits per heavy atom. The van der Waals surface area contributed by atoms with Gasteiger partial charge in [0.15, 0.2) is 6.23 Å². The van der Waals surface area contributed by atoms with Crippen LogP contribution in [0.4, 0.5) is 0 Å². The molecule has 1 saturated heterocycles. The average molecular weight is 725 g/mol. The van der Waals surface area contributed by atoms with E-state index in [1.165, 1.54) is 17.2 Å². The van der Waals surface area contributed by atoms with Crippen LogP contribution in [0.3, 0.4) is 0 Å².